The van der Waals surface area contributed by atoms with Gasteiger partial charge in [-0.1, -0.05) is 34.1 Å². The van der Waals surface area contributed by atoms with Gasteiger partial charge in [0.1, 0.15) is 5.60 Å². The van der Waals surface area contributed by atoms with Crippen LogP contribution in [0.5, 0.6) is 0 Å². The fourth-order valence-corrected chi connectivity index (χ4v) is 5.69. The van der Waals surface area contributed by atoms with Gasteiger partial charge in [-0.05, 0) is 51.0 Å². The summed E-state index contributed by atoms with van der Waals surface area (Å²) in [5.74, 6) is -0.645. The molecule has 0 radical (unpaired) electrons. The molecule has 15 heteroatoms. The minimum Gasteiger partial charge on any atom is -0.465 e. The molecular formula is C29H32BrN9O5. The average molecular weight is 667 g/mol. The van der Waals surface area contributed by atoms with Crippen LogP contribution in [0, 0.1) is 5.92 Å². The van der Waals surface area contributed by atoms with Crippen LogP contribution >= 0.6 is 15.9 Å². The van der Waals surface area contributed by atoms with E-state index < -0.39 is 29.7 Å². The molecule has 5 rings (SSSR count). The second-order valence-electron chi connectivity index (χ2n) is 11.5. The number of nitrogens with zero attached hydrogens (tertiary/aromatic N) is 6. The molecule has 4 aromatic rings. The summed E-state index contributed by atoms with van der Waals surface area (Å²) in [5, 5.41) is 26.4. The first-order valence-corrected chi connectivity index (χ1v) is 14.6. The third-order valence-electron chi connectivity index (χ3n) is 6.99. The highest BCUT2D eigenvalue weighted by Gasteiger charge is 2.39. The van der Waals surface area contributed by atoms with Crippen LogP contribution in [0.15, 0.2) is 59.6 Å². The maximum Gasteiger partial charge on any atom is 0.409 e. The molecule has 1 saturated heterocycles. The Labute approximate surface area is 261 Å². The molecule has 1 aliphatic heterocycles. The van der Waals surface area contributed by atoms with E-state index in [4.69, 9.17) is 4.74 Å². The van der Waals surface area contributed by atoms with Gasteiger partial charge in [0.15, 0.2) is 5.69 Å². The van der Waals surface area contributed by atoms with Crippen molar-refractivity contribution < 1.29 is 24.2 Å². The molecule has 0 spiro atoms. The largest absolute Gasteiger partial charge is 0.465 e. The lowest BCUT2D eigenvalue weighted by molar-refractivity contribution is 0.0465. The Hall–Kier alpha value is -4.79. The van der Waals surface area contributed by atoms with Crippen LogP contribution in [0.2, 0.25) is 0 Å². The molecule has 0 aliphatic carbocycles. The summed E-state index contributed by atoms with van der Waals surface area (Å²) in [7, 11) is 0. The van der Waals surface area contributed by atoms with Gasteiger partial charge < -0.3 is 25.4 Å². The van der Waals surface area contributed by atoms with Crippen molar-refractivity contribution in [1.29, 1.82) is 0 Å². The average Bonchev–Trinajstić information content (AvgIpc) is 3.46. The van der Waals surface area contributed by atoms with Crippen LogP contribution in [-0.2, 0) is 4.74 Å². The zero-order chi connectivity index (χ0) is 31.6. The van der Waals surface area contributed by atoms with Crippen molar-refractivity contribution in [3.05, 3.63) is 65.3 Å². The number of piperidine rings is 1. The Morgan fingerprint density at radius 1 is 1.07 bits per heavy atom. The quantitative estimate of drug-likeness (QED) is 0.221. The number of hydrogen-bond donors (Lipinski definition) is 4. The molecule has 14 nitrogen and oxygen atoms in total. The molecule has 3 aromatic heterocycles. The van der Waals surface area contributed by atoms with Crippen molar-refractivity contribution in [3.8, 4) is 0 Å². The number of carbonyl (C=O) groups excluding carboxylic acids is 2. The minimum absolute atomic E-state index is 0.0194. The van der Waals surface area contributed by atoms with Crippen LogP contribution in [0.3, 0.4) is 0 Å². The highest BCUT2D eigenvalue weighted by molar-refractivity contribution is 9.10. The Morgan fingerprint density at radius 2 is 1.86 bits per heavy atom. The van der Waals surface area contributed by atoms with Gasteiger partial charge in [-0.3, -0.25) is 15.1 Å². The van der Waals surface area contributed by atoms with Gasteiger partial charge >= 0.3 is 12.2 Å². The molecule has 44 heavy (non-hydrogen) atoms. The van der Waals surface area contributed by atoms with Gasteiger partial charge in [0.05, 0.1) is 47.1 Å². The van der Waals surface area contributed by atoms with Crippen LogP contribution in [-0.4, -0.2) is 72.9 Å². The van der Waals surface area contributed by atoms with Crippen molar-refractivity contribution in [2.45, 2.75) is 45.4 Å². The summed E-state index contributed by atoms with van der Waals surface area (Å²) < 4.78 is 8.04. The topological polar surface area (TPSA) is 176 Å². The van der Waals surface area contributed by atoms with E-state index in [0.717, 1.165) is 4.47 Å². The summed E-state index contributed by atoms with van der Waals surface area (Å²) in [6.45, 7) is 8.34. The first kappa shape index (κ1) is 30.7. The normalized spacial score (nSPS) is 18.5. The summed E-state index contributed by atoms with van der Waals surface area (Å²) in [6, 6.07) is 7.99. The molecule has 1 fully saturated rings. The molecule has 1 aliphatic rings. The van der Waals surface area contributed by atoms with E-state index in [9.17, 15) is 19.5 Å². The number of aromatic nitrogens is 5. The Balaban J connectivity index is 1.45. The number of ether oxygens (including phenoxy) is 1. The van der Waals surface area contributed by atoms with Crippen molar-refractivity contribution >= 4 is 62.0 Å². The van der Waals surface area contributed by atoms with E-state index in [2.05, 4.69) is 52.2 Å². The lowest BCUT2D eigenvalue weighted by Gasteiger charge is -2.44. The van der Waals surface area contributed by atoms with E-state index in [-0.39, 0.29) is 23.3 Å². The standard InChI is InChI=1S/C29H32BrN9O5/c1-16-14-38(15-22(25(16)39-10-9-32-37-39)36-28(43)44-29(2,3)4)23-7-8-31-13-21(23)34-26(40)24-20(35-27(41)42)11-17-5-6-18(30)12-19(17)33-24/h5-13,16,22,25,35H,14-15H2,1-4H3,(H,34,40)(H,36,43)(H,41,42)/t16-,22+,25-/m0/s1. The highest BCUT2D eigenvalue weighted by Crippen LogP contribution is 2.35. The number of halogens is 1. The van der Waals surface area contributed by atoms with Crippen LogP contribution in [0.25, 0.3) is 10.9 Å². The highest BCUT2D eigenvalue weighted by atomic mass is 79.9. The van der Waals surface area contributed by atoms with Crippen molar-refractivity contribution in [2.75, 3.05) is 28.6 Å². The van der Waals surface area contributed by atoms with E-state index in [1.807, 2.05) is 11.8 Å². The first-order valence-electron chi connectivity index (χ1n) is 13.8. The number of carboxylic acid groups (broad SMARTS) is 1. The lowest BCUT2D eigenvalue weighted by Crippen LogP contribution is -2.57. The molecule has 4 N–H and O–H groups in total. The summed E-state index contributed by atoms with van der Waals surface area (Å²) >= 11 is 3.41. The Kier molecular flexibility index (Phi) is 8.67. The molecule has 0 bridgehead atoms. The SMILES string of the molecule is C[C@H]1CN(c2ccncc2NC(=O)c2nc3cc(Br)ccc3cc2NC(=O)O)C[C@@H](NC(=O)OC(C)(C)C)[C@H]1n1ccnn1. The van der Waals surface area contributed by atoms with Crippen LogP contribution in [0.4, 0.5) is 26.7 Å². The molecule has 0 saturated carbocycles. The van der Waals surface area contributed by atoms with E-state index in [0.29, 0.717) is 35.4 Å². The fourth-order valence-electron chi connectivity index (χ4n) is 5.34. The summed E-state index contributed by atoms with van der Waals surface area (Å²) in [4.78, 5) is 48.8. The molecule has 1 aromatic carbocycles. The van der Waals surface area contributed by atoms with Crippen LogP contribution in [0.1, 0.15) is 44.2 Å². The Bertz CT molecular complexity index is 1690. The molecule has 230 valence electrons. The van der Waals surface area contributed by atoms with Gasteiger partial charge in [0, 0.05) is 35.3 Å². The number of anilines is 3. The lowest BCUT2D eigenvalue weighted by atomic mass is 9.89. The number of amides is 3. The number of benzene rings is 1. The fraction of sp³-hybridized carbons (Fsp3) is 0.345. The molecule has 3 atom stereocenters. The van der Waals surface area contributed by atoms with Gasteiger partial charge in [-0.2, -0.15) is 0 Å². The van der Waals surface area contributed by atoms with E-state index >= 15 is 0 Å². The molecular weight excluding hydrogens is 634 g/mol. The maximum atomic E-state index is 13.6. The number of alkyl carbamates (subject to hydrolysis) is 1. The predicted octanol–water partition coefficient (Wildman–Crippen LogP) is 4.92. The number of nitrogens with one attached hydrogen (secondary N) is 3. The van der Waals surface area contributed by atoms with Crippen molar-refractivity contribution in [2.24, 2.45) is 5.92 Å². The zero-order valence-electron chi connectivity index (χ0n) is 24.5. The van der Waals surface area contributed by atoms with Crippen molar-refractivity contribution in [3.63, 3.8) is 0 Å². The minimum atomic E-state index is -1.33. The third-order valence-corrected chi connectivity index (χ3v) is 7.49. The number of rotatable bonds is 6. The van der Waals surface area contributed by atoms with Gasteiger partial charge in [0.2, 0.25) is 0 Å². The number of hydrogen-bond acceptors (Lipinski definition) is 9. The monoisotopic (exact) mass is 665 g/mol. The Morgan fingerprint density at radius 3 is 2.57 bits per heavy atom. The zero-order valence-corrected chi connectivity index (χ0v) is 26.1. The van der Waals surface area contributed by atoms with E-state index in [1.54, 1.807) is 74.4 Å². The number of pyridine rings is 2. The second kappa shape index (κ2) is 12.4. The number of fused-ring (bicyclic) bond motifs is 1. The van der Waals surface area contributed by atoms with Gasteiger partial charge in [-0.25, -0.2) is 19.3 Å². The van der Waals surface area contributed by atoms with Gasteiger partial charge in [0.25, 0.3) is 5.91 Å². The maximum absolute atomic E-state index is 13.6. The summed E-state index contributed by atoms with van der Waals surface area (Å²) in [5.41, 5.74) is 0.805. The van der Waals surface area contributed by atoms with E-state index in [1.165, 1.54) is 6.20 Å². The summed E-state index contributed by atoms with van der Waals surface area (Å²) in [6.07, 6.45) is 4.59. The third kappa shape index (κ3) is 7.05. The molecule has 0 unspecified atom stereocenters. The molecule has 4 heterocycles. The van der Waals surface area contributed by atoms with Crippen LogP contribution < -0.4 is 20.9 Å². The smallest absolute Gasteiger partial charge is 0.409 e. The number of carbonyl (C=O) groups is 3. The predicted molar refractivity (Wildman–Crippen MR) is 167 cm³/mol. The first-order chi connectivity index (χ1) is 20.9. The van der Waals surface area contributed by atoms with Crippen molar-refractivity contribution in [1.82, 2.24) is 30.3 Å². The van der Waals surface area contributed by atoms with Gasteiger partial charge in [-0.15, -0.1) is 5.10 Å². The molecule has 3 amide bonds. The second-order valence-corrected chi connectivity index (χ2v) is 12.4.